The Morgan fingerprint density at radius 2 is 1.73 bits per heavy atom. The van der Waals surface area contributed by atoms with Gasteiger partial charge in [0.2, 0.25) is 0 Å². The van der Waals surface area contributed by atoms with Gasteiger partial charge in [-0.05, 0) is 43.7 Å². The van der Waals surface area contributed by atoms with Gasteiger partial charge in [-0.2, -0.15) is 5.10 Å². The number of benzene rings is 2. The number of nitrogens with zero attached hydrogens (tertiary/aromatic N) is 2. The number of ether oxygens (including phenoxy) is 2. The third-order valence-corrected chi connectivity index (χ3v) is 5.46. The quantitative estimate of drug-likeness (QED) is 0.405. The van der Waals surface area contributed by atoms with Crippen LogP contribution in [0.1, 0.15) is 38.8 Å². The normalized spacial score (nSPS) is 10.8. The minimum absolute atomic E-state index is 0.193. The lowest BCUT2D eigenvalue weighted by molar-refractivity contribution is 0.0919. The van der Waals surface area contributed by atoms with E-state index in [1.165, 1.54) is 5.56 Å². The summed E-state index contributed by atoms with van der Waals surface area (Å²) >= 11 is 0. The second-order valence-corrected chi connectivity index (χ2v) is 7.68. The van der Waals surface area contributed by atoms with Gasteiger partial charge < -0.3 is 19.2 Å². The van der Waals surface area contributed by atoms with Gasteiger partial charge in [0.05, 0.1) is 19.3 Å². The van der Waals surface area contributed by atoms with Gasteiger partial charge >= 0.3 is 0 Å². The highest BCUT2D eigenvalue weighted by Crippen LogP contribution is 2.27. The lowest BCUT2D eigenvalue weighted by atomic mass is 10.2. The van der Waals surface area contributed by atoms with Crippen LogP contribution in [0.2, 0.25) is 0 Å². The summed E-state index contributed by atoms with van der Waals surface area (Å²) in [4.78, 5) is 12.6. The average Bonchev–Trinajstić information content (AvgIpc) is 3.41. The molecule has 7 heteroatoms. The van der Waals surface area contributed by atoms with Gasteiger partial charge in [0.25, 0.3) is 5.91 Å². The van der Waals surface area contributed by atoms with E-state index in [4.69, 9.17) is 13.9 Å². The highest BCUT2D eigenvalue weighted by Gasteiger charge is 2.16. The van der Waals surface area contributed by atoms with E-state index in [1.54, 1.807) is 19.2 Å². The van der Waals surface area contributed by atoms with Crippen LogP contribution in [-0.4, -0.2) is 22.8 Å². The summed E-state index contributed by atoms with van der Waals surface area (Å²) in [5.74, 6) is 1.75. The molecule has 33 heavy (non-hydrogen) atoms. The SMILES string of the molecule is COc1ccccc1OCc1ccc(C(=O)NCc2c(C)nn(Cc3ccccc3)c2C)o1. The molecule has 2 heterocycles. The number of nitrogens with one attached hydrogen (secondary N) is 1. The highest BCUT2D eigenvalue weighted by molar-refractivity contribution is 5.91. The van der Waals surface area contributed by atoms with Crippen LogP contribution >= 0.6 is 0 Å². The van der Waals surface area contributed by atoms with E-state index < -0.39 is 0 Å². The molecule has 170 valence electrons. The van der Waals surface area contributed by atoms with Gasteiger partial charge in [0.1, 0.15) is 12.4 Å². The zero-order chi connectivity index (χ0) is 23.2. The Hall–Kier alpha value is -4.00. The summed E-state index contributed by atoms with van der Waals surface area (Å²) in [6, 6.07) is 20.9. The predicted molar refractivity (Wildman–Crippen MR) is 124 cm³/mol. The molecule has 0 bridgehead atoms. The number of hydrogen-bond acceptors (Lipinski definition) is 5. The standard InChI is InChI=1S/C26H27N3O4/c1-18-22(19(2)29(28-18)16-20-9-5-4-6-10-20)15-27-26(30)25-14-13-21(33-25)17-32-24-12-8-7-11-23(24)31-3/h4-14H,15-17H2,1-3H3,(H,27,30). The van der Waals surface area contributed by atoms with Crippen molar-refractivity contribution in [2.24, 2.45) is 0 Å². The van der Waals surface area contributed by atoms with Gasteiger partial charge in [-0.25, -0.2) is 0 Å². The number of para-hydroxylation sites is 2. The van der Waals surface area contributed by atoms with Gasteiger partial charge in [0, 0.05) is 17.8 Å². The minimum atomic E-state index is -0.284. The maximum absolute atomic E-state index is 12.6. The number of aromatic nitrogens is 2. The molecule has 0 spiro atoms. The number of carbonyl (C=O) groups is 1. The maximum atomic E-state index is 12.6. The van der Waals surface area contributed by atoms with E-state index in [1.807, 2.05) is 61.0 Å². The number of methoxy groups -OCH3 is 1. The maximum Gasteiger partial charge on any atom is 0.287 e. The summed E-state index contributed by atoms with van der Waals surface area (Å²) in [5, 5.41) is 7.58. The molecule has 7 nitrogen and oxygen atoms in total. The summed E-state index contributed by atoms with van der Waals surface area (Å²) in [6.07, 6.45) is 0. The smallest absolute Gasteiger partial charge is 0.287 e. The lowest BCUT2D eigenvalue weighted by Gasteiger charge is -2.09. The first-order chi connectivity index (χ1) is 16.0. The molecule has 0 saturated heterocycles. The average molecular weight is 446 g/mol. The van der Waals surface area contributed by atoms with E-state index in [2.05, 4.69) is 22.5 Å². The number of aryl methyl sites for hydroxylation is 1. The third kappa shape index (κ3) is 5.26. The van der Waals surface area contributed by atoms with Crippen LogP contribution < -0.4 is 14.8 Å². The van der Waals surface area contributed by atoms with Crippen LogP contribution in [0.25, 0.3) is 0 Å². The minimum Gasteiger partial charge on any atom is -0.493 e. The molecule has 4 rings (SSSR count). The molecule has 0 aliphatic carbocycles. The molecule has 2 aromatic heterocycles. The van der Waals surface area contributed by atoms with E-state index in [9.17, 15) is 4.79 Å². The Morgan fingerprint density at radius 3 is 2.48 bits per heavy atom. The molecule has 0 saturated carbocycles. The van der Waals surface area contributed by atoms with Crippen molar-refractivity contribution >= 4 is 5.91 Å². The summed E-state index contributed by atoms with van der Waals surface area (Å²) in [6.45, 7) is 5.23. The summed E-state index contributed by atoms with van der Waals surface area (Å²) < 4.78 is 18.7. The second-order valence-electron chi connectivity index (χ2n) is 7.68. The molecule has 1 amide bonds. The van der Waals surface area contributed by atoms with Crippen molar-refractivity contribution in [1.29, 1.82) is 0 Å². The van der Waals surface area contributed by atoms with Gasteiger partial charge in [-0.1, -0.05) is 42.5 Å². The van der Waals surface area contributed by atoms with Crippen LogP contribution in [-0.2, 0) is 19.7 Å². The molecule has 4 aromatic rings. The van der Waals surface area contributed by atoms with Crippen LogP contribution in [0.3, 0.4) is 0 Å². The summed E-state index contributed by atoms with van der Waals surface area (Å²) in [5.41, 5.74) is 4.11. The molecular weight excluding hydrogens is 418 g/mol. The monoisotopic (exact) mass is 445 g/mol. The van der Waals surface area contributed by atoms with E-state index in [-0.39, 0.29) is 18.3 Å². The zero-order valence-corrected chi connectivity index (χ0v) is 19.0. The Bertz CT molecular complexity index is 1230. The van der Waals surface area contributed by atoms with Gasteiger partial charge in [-0.3, -0.25) is 9.48 Å². The van der Waals surface area contributed by atoms with Crippen LogP contribution in [0.5, 0.6) is 11.5 Å². The lowest BCUT2D eigenvalue weighted by Crippen LogP contribution is -2.23. The third-order valence-electron chi connectivity index (χ3n) is 5.46. The second kappa shape index (κ2) is 10.1. The molecule has 0 radical (unpaired) electrons. The Kier molecular flexibility index (Phi) is 6.78. The van der Waals surface area contributed by atoms with Gasteiger partial charge in [-0.15, -0.1) is 0 Å². The van der Waals surface area contributed by atoms with Crippen molar-refractivity contribution in [3.8, 4) is 11.5 Å². The number of amides is 1. The zero-order valence-electron chi connectivity index (χ0n) is 19.0. The molecule has 2 aromatic carbocycles. The van der Waals surface area contributed by atoms with Crippen molar-refractivity contribution in [3.63, 3.8) is 0 Å². The molecule has 0 fully saturated rings. The highest BCUT2D eigenvalue weighted by atomic mass is 16.5. The first-order valence-corrected chi connectivity index (χ1v) is 10.7. The van der Waals surface area contributed by atoms with Gasteiger partial charge in [0.15, 0.2) is 17.3 Å². The Balaban J connectivity index is 1.35. The number of rotatable bonds is 9. The van der Waals surface area contributed by atoms with Crippen molar-refractivity contribution < 1.29 is 18.7 Å². The molecular formula is C26H27N3O4. The molecule has 0 unspecified atom stereocenters. The molecule has 0 aliphatic heterocycles. The summed E-state index contributed by atoms with van der Waals surface area (Å²) in [7, 11) is 1.59. The largest absolute Gasteiger partial charge is 0.493 e. The van der Waals surface area contributed by atoms with Crippen molar-refractivity contribution in [1.82, 2.24) is 15.1 Å². The Morgan fingerprint density at radius 1 is 1.00 bits per heavy atom. The number of furan rings is 1. The fourth-order valence-corrected chi connectivity index (χ4v) is 3.62. The van der Waals surface area contributed by atoms with E-state index in [0.717, 1.165) is 17.0 Å². The molecule has 0 atom stereocenters. The number of carbonyl (C=O) groups excluding carboxylic acids is 1. The van der Waals surface area contributed by atoms with Crippen molar-refractivity contribution in [2.75, 3.05) is 7.11 Å². The Labute approximate surface area is 192 Å². The predicted octanol–water partition coefficient (Wildman–Crippen LogP) is 4.66. The fraction of sp³-hybridized carbons (Fsp3) is 0.231. The topological polar surface area (TPSA) is 78.5 Å². The molecule has 1 N–H and O–H groups in total. The van der Waals surface area contributed by atoms with E-state index in [0.29, 0.717) is 30.3 Å². The molecule has 0 aliphatic rings. The van der Waals surface area contributed by atoms with Crippen molar-refractivity contribution in [3.05, 3.63) is 101 Å². The van der Waals surface area contributed by atoms with Crippen LogP contribution in [0.15, 0.2) is 71.1 Å². The van der Waals surface area contributed by atoms with Crippen molar-refractivity contribution in [2.45, 2.75) is 33.5 Å². The first kappa shape index (κ1) is 22.2. The van der Waals surface area contributed by atoms with E-state index >= 15 is 0 Å². The van der Waals surface area contributed by atoms with Crippen LogP contribution in [0, 0.1) is 13.8 Å². The number of hydrogen-bond donors (Lipinski definition) is 1. The van der Waals surface area contributed by atoms with Crippen LogP contribution in [0.4, 0.5) is 0 Å². The fourth-order valence-electron chi connectivity index (χ4n) is 3.62. The first-order valence-electron chi connectivity index (χ1n) is 10.7.